The fourth-order valence-corrected chi connectivity index (χ4v) is 7.57. The first-order valence-electron chi connectivity index (χ1n) is 16.7. The van der Waals surface area contributed by atoms with E-state index in [4.69, 9.17) is 4.42 Å². The number of aromatic nitrogens is 1. The summed E-state index contributed by atoms with van der Waals surface area (Å²) < 4.78 is 8.98. The first-order chi connectivity index (χ1) is 24.3. The molecule has 0 unspecified atom stereocenters. The van der Waals surface area contributed by atoms with Crippen LogP contribution < -0.4 is 4.90 Å². The number of hydrogen-bond donors (Lipinski definition) is 0. The average Bonchev–Trinajstić information content (AvgIpc) is 3.70. The number of fused-ring (bicyclic) bond motifs is 7. The molecule has 0 spiro atoms. The standard InChI is InChI=1S/C46H30N2O/c1-3-14-31(15-4-1)36-20-9-11-22-40(36)48(42-24-13-25-44-46(42)39-28-32-16-7-8-17-33(32)29-45(39)49-44)35-26-27-38-37-21-10-12-23-41(37)47(43(38)30-35)34-18-5-2-6-19-34/h1-30H. The van der Waals surface area contributed by atoms with Crippen LogP contribution >= 0.6 is 0 Å². The van der Waals surface area contributed by atoms with Crippen LogP contribution in [0.2, 0.25) is 0 Å². The van der Waals surface area contributed by atoms with Gasteiger partial charge in [-0.15, -0.1) is 0 Å². The predicted molar refractivity (Wildman–Crippen MR) is 206 cm³/mol. The average molecular weight is 627 g/mol. The van der Waals surface area contributed by atoms with Crippen molar-refractivity contribution >= 4 is 71.6 Å². The number of rotatable bonds is 5. The van der Waals surface area contributed by atoms with Crippen molar-refractivity contribution in [3.8, 4) is 16.8 Å². The summed E-state index contributed by atoms with van der Waals surface area (Å²) in [6.45, 7) is 0. The van der Waals surface area contributed by atoms with Crippen LogP contribution in [0.25, 0.3) is 71.3 Å². The van der Waals surface area contributed by atoms with E-state index in [1.165, 1.54) is 27.1 Å². The van der Waals surface area contributed by atoms with Gasteiger partial charge in [0.15, 0.2) is 0 Å². The Balaban J connectivity index is 1.31. The predicted octanol–water partition coefficient (Wildman–Crippen LogP) is 13.0. The molecule has 0 saturated heterocycles. The fourth-order valence-electron chi connectivity index (χ4n) is 7.57. The van der Waals surface area contributed by atoms with Gasteiger partial charge < -0.3 is 13.9 Å². The second-order valence-corrected chi connectivity index (χ2v) is 12.6. The lowest BCUT2D eigenvalue weighted by atomic mass is 10.00. The number of anilines is 3. The van der Waals surface area contributed by atoms with Gasteiger partial charge in [-0.25, -0.2) is 0 Å². The molecule has 3 heteroatoms. The zero-order valence-electron chi connectivity index (χ0n) is 26.6. The summed E-state index contributed by atoms with van der Waals surface area (Å²) in [5.41, 5.74) is 10.8. The molecule has 0 radical (unpaired) electrons. The summed E-state index contributed by atoms with van der Waals surface area (Å²) in [4.78, 5) is 2.42. The Bertz CT molecular complexity index is 2830. The van der Waals surface area contributed by atoms with Crippen LogP contribution in [0.4, 0.5) is 17.1 Å². The maximum absolute atomic E-state index is 6.59. The van der Waals surface area contributed by atoms with Crippen LogP contribution in [0.5, 0.6) is 0 Å². The van der Waals surface area contributed by atoms with E-state index in [1.54, 1.807) is 0 Å². The maximum Gasteiger partial charge on any atom is 0.137 e. The summed E-state index contributed by atoms with van der Waals surface area (Å²) in [6, 6.07) is 65.0. The Morgan fingerprint density at radius 3 is 1.96 bits per heavy atom. The van der Waals surface area contributed by atoms with Gasteiger partial charge in [0, 0.05) is 33.1 Å². The minimum absolute atomic E-state index is 0.865. The third-order valence-corrected chi connectivity index (χ3v) is 9.74. The normalized spacial score (nSPS) is 11.7. The highest BCUT2D eigenvalue weighted by Gasteiger charge is 2.23. The lowest BCUT2D eigenvalue weighted by Crippen LogP contribution is -2.11. The van der Waals surface area contributed by atoms with E-state index < -0.39 is 0 Å². The lowest BCUT2D eigenvalue weighted by Gasteiger charge is -2.28. The number of benzene rings is 8. The summed E-state index contributed by atoms with van der Waals surface area (Å²) in [6.07, 6.45) is 0. The zero-order chi connectivity index (χ0) is 32.3. The largest absolute Gasteiger partial charge is 0.456 e. The Morgan fingerprint density at radius 1 is 0.429 bits per heavy atom. The van der Waals surface area contributed by atoms with Gasteiger partial charge in [0.1, 0.15) is 11.2 Å². The Hall–Kier alpha value is -6.58. The van der Waals surface area contributed by atoms with Gasteiger partial charge in [-0.1, -0.05) is 121 Å². The molecule has 10 rings (SSSR count). The molecule has 0 aliphatic rings. The molecule has 2 aromatic heterocycles. The van der Waals surface area contributed by atoms with E-state index in [0.717, 1.165) is 61.3 Å². The number of para-hydroxylation sites is 3. The fraction of sp³-hybridized carbons (Fsp3) is 0. The Labute approximate surface area is 283 Å². The van der Waals surface area contributed by atoms with Crippen molar-refractivity contribution in [3.63, 3.8) is 0 Å². The van der Waals surface area contributed by atoms with E-state index in [0.29, 0.717) is 0 Å². The first-order valence-corrected chi connectivity index (χ1v) is 16.7. The van der Waals surface area contributed by atoms with Crippen LogP contribution in [-0.4, -0.2) is 4.57 Å². The zero-order valence-corrected chi connectivity index (χ0v) is 26.6. The van der Waals surface area contributed by atoms with E-state index >= 15 is 0 Å². The number of nitrogens with zero attached hydrogens (tertiary/aromatic N) is 2. The van der Waals surface area contributed by atoms with E-state index in [-0.39, 0.29) is 0 Å². The van der Waals surface area contributed by atoms with Gasteiger partial charge in [-0.05, 0) is 77.0 Å². The van der Waals surface area contributed by atoms with Crippen molar-refractivity contribution in [3.05, 3.63) is 182 Å². The Morgan fingerprint density at radius 2 is 1.10 bits per heavy atom. The van der Waals surface area contributed by atoms with Crippen molar-refractivity contribution in [2.75, 3.05) is 4.90 Å². The molecule has 49 heavy (non-hydrogen) atoms. The van der Waals surface area contributed by atoms with Gasteiger partial charge in [-0.2, -0.15) is 0 Å². The van der Waals surface area contributed by atoms with Crippen molar-refractivity contribution in [2.24, 2.45) is 0 Å². The van der Waals surface area contributed by atoms with Crippen molar-refractivity contribution < 1.29 is 4.42 Å². The van der Waals surface area contributed by atoms with Crippen molar-refractivity contribution in [1.82, 2.24) is 4.57 Å². The van der Waals surface area contributed by atoms with Crippen LogP contribution in [0.3, 0.4) is 0 Å². The lowest BCUT2D eigenvalue weighted by molar-refractivity contribution is 0.669. The highest BCUT2D eigenvalue weighted by atomic mass is 16.3. The topological polar surface area (TPSA) is 21.3 Å². The smallest absolute Gasteiger partial charge is 0.137 e. The second kappa shape index (κ2) is 11.0. The van der Waals surface area contributed by atoms with Gasteiger partial charge in [0.2, 0.25) is 0 Å². The molecule has 0 bridgehead atoms. The van der Waals surface area contributed by atoms with Crippen LogP contribution in [-0.2, 0) is 0 Å². The highest BCUT2D eigenvalue weighted by molar-refractivity contribution is 6.17. The minimum Gasteiger partial charge on any atom is -0.456 e. The van der Waals surface area contributed by atoms with Gasteiger partial charge in [0.25, 0.3) is 0 Å². The van der Waals surface area contributed by atoms with Crippen LogP contribution in [0.1, 0.15) is 0 Å². The molecule has 2 heterocycles. The van der Waals surface area contributed by atoms with Crippen molar-refractivity contribution in [2.45, 2.75) is 0 Å². The van der Waals surface area contributed by atoms with E-state index in [2.05, 4.69) is 191 Å². The molecule has 230 valence electrons. The molecule has 0 saturated carbocycles. The molecule has 8 aromatic carbocycles. The molecule has 3 nitrogen and oxygen atoms in total. The summed E-state index contributed by atoms with van der Waals surface area (Å²) >= 11 is 0. The molecule has 0 aliphatic heterocycles. The molecule has 0 fully saturated rings. The molecule has 0 N–H and O–H groups in total. The molecule has 0 amide bonds. The van der Waals surface area contributed by atoms with E-state index in [1.807, 2.05) is 0 Å². The van der Waals surface area contributed by atoms with Gasteiger partial charge >= 0.3 is 0 Å². The molecule has 10 aromatic rings. The maximum atomic E-state index is 6.59. The molecule has 0 atom stereocenters. The van der Waals surface area contributed by atoms with Crippen LogP contribution in [0.15, 0.2) is 186 Å². The monoisotopic (exact) mass is 626 g/mol. The molecular weight excluding hydrogens is 597 g/mol. The highest BCUT2D eigenvalue weighted by Crippen LogP contribution is 2.47. The second-order valence-electron chi connectivity index (χ2n) is 12.6. The number of furan rings is 1. The quantitative estimate of drug-likeness (QED) is 0.190. The summed E-state index contributed by atoms with van der Waals surface area (Å²) in [5.74, 6) is 0. The van der Waals surface area contributed by atoms with Crippen molar-refractivity contribution in [1.29, 1.82) is 0 Å². The van der Waals surface area contributed by atoms with Gasteiger partial charge in [0.05, 0.1) is 27.8 Å². The third-order valence-electron chi connectivity index (χ3n) is 9.74. The molecule has 0 aliphatic carbocycles. The van der Waals surface area contributed by atoms with E-state index in [9.17, 15) is 0 Å². The first kappa shape index (κ1) is 27.5. The number of hydrogen-bond acceptors (Lipinski definition) is 2. The SMILES string of the molecule is c1ccc(-c2ccccc2N(c2ccc3c4ccccc4n(-c4ccccc4)c3c2)c2cccc3oc4cc5ccccc5cc4c23)cc1. The van der Waals surface area contributed by atoms with Crippen LogP contribution in [0, 0.1) is 0 Å². The summed E-state index contributed by atoms with van der Waals surface area (Å²) in [7, 11) is 0. The molecular formula is C46H30N2O. The third kappa shape index (κ3) is 4.37. The summed E-state index contributed by atoms with van der Waals surface area (Å²) in [5, 5.41) is 7.01. The van der Waals surface area contributed by atoms with Gasteiger partial charge in [-0.3, -0.25) is 0 Å². The Kier molecular flexibility index (Phi) is 6.18. The minimum atomic E-state index is 0.865.